The molecule has 0 aromatic heterocycles. The molecule has 0 aliphatic heterocycles. The van der Waals surface area contributed by atoms with Crippen molar-refractivity contribution in [1.29, 1.82) is 0 Å². The van der Waals surface area contributed by atoms with Crippen LogP contribution in [0.2, 0.25) is 0 Å². The Bertz CT molecular complexity index is 384. The van der Waals surface area contributed by atoms with Gasteiger partial charge in [0.05, 0.1) is 0 Å². The molecule has 0 atom stereocenters. The summed E-state index contributed by atoms with van der Waals surface area (Å²) < 4.78 is 13.5. The zero-order valence-electron chi connectivity index (χ0n) is 11.0. The molecule has 100 valence electrons. The second kappa shape index (κ2) is 5.81. The third kappa shape index (κ3) is 3.09. The van der Waals surface area contributed by atoms with Gasteiger partial charge in [-0.05, 0) is 37.9 Å². The summed E-state index contributed by atoms with van der Waals surface area (Å²) in [5, 5.41) is 9.43. The highest BCUT2D eigenvalue weighted by Crippen LogP contribution is 2.40. The van der Waals surface area contributed by atoms with Gasteiger partial charge in [-0.3, -0.25) is 0 Å². The molecule has 0 bridgehead atoms. The van der Waals surface area contributed by atoms with Crippen LogP contribution in [0.5, 0.6) is 0 Å². The number of aliphatic hydroxyl groups excluding tert-OH is 1. The Labute approximate surface area is 108 Å². The first-order valence-corrected chi connectivity index (χ1v) is 6.68. The summed E-state index contributed by atoms with van der Waals surface area (Å²) in [6, 6.07) is 6.95. The van der Waals surface area contributed by atoms with E-state index in [1.54, 1.807) is 6.07 Å². The zero-order valence-corrected chi connectivity index (χ0v) is 11.0. The first-order chi connectivity index (χ1) is 8.65. The van der Waals surface area contributed by atoms with Crippen LogP contribution >= 0.6 is 0 Å². The number of nitrogens with zero attached hydrogens (tertiary/aromatic N) is 1. The van der Waals surface area contributed by atoms with Gasteiger partial charge in [-0.1, -0.05) is 24.6 Å². The monoisotopic (exact) mass is 251 g/mol. The van der Waals surface area contributed by atoms with Crippen LogP contribution < -0.4 is 0 Å². The van der Waals surface area contributed by atoms with Gasteiger partial charge in [0.1, 0.15) is 5.82 Å². The van der Waals surface area contributed by atoms with Crippen LogP contribution in [0.1, 0.15) is 24.8 Å². The second-order valence-corrected chi connectivity index (χ2v) is 5.59. The van der Waals surface area contributed by atoms with Crippen molar-refractivity contribution in [2.45, 2.75) is 25.7 Å². The Kier molecular flexibility index (Phi) is 4.36. The fraction of sp³-hybridized carbons (Fsp3) is 0.600. The lowest BCUT2D eigenvalue weighted by molar-refractivity contribution is 0.0149. The van der Waals surface area contributed by atoms with Gasteiger partial charge >= 0.3 is 0 Å². The van der Waals surface area contributed by atoms with Crippen LogP contribution in [0, 0.1) is 11.2 Å². The van der Waals surface area contributed by atoms with Crippen molar-refractivity contribution >= 4 is 0 Å². The average Bonchev–Trinajstić information content (AvgIpc) is 2.33. The van der Waals surface area contributed by atoms with Gasteiger partial charge in [0.2, 0.25) is 0 Å². The van der Waals surface area contributed by atoms with Crippen LogP contribution in [-0.4, -0.2) is 36.8 Å². The van der Waals surface area contributed by atoms with E-state index in [9.17, 15) is 9.50 Å². The molecule has 1 aromatic carbocycles. The van der Waals surface area contributed by atoms with E-state index in [1.165, 1.54) is 12.5 Å². The van der Waals surface area contributed by atoms with Crippen LogP contribution in [0.25, 0.3) is 0 Å². The molecule has 1 aliphatic rings. The highest BCUT2D eigenvalue weighted by atomic mass is 19.1. The molecule has 1 aromatic rings. The number of halogens is 1. The molecule has 0 unspecified atom stereocenters. The Balaban J connectivity index is 1.81. The summed E-state index contributed by atoms with van der Waals surface area (Å²) in [5.74, 6) is -0.119. The van der Waals surface area contributed by atoms with Gasteiger partial charge in [0.25, 0.3) is 0 Å². The van der Waals surface area contributed by atoms with E-state index in [-0.39, 0.29) is 17.8 Å². The molecule has 0 heterocycles. The van der Waals surface area contributed by atoms with Gasteiger partial charge in [0, 0.05) is 25.1 Å². The third-order valence-electron chi connectivity index (χ3n) is 4.08. The number of hydrogen-bond acceptors (Lipinski definition) is 2. The van der Waals surface area contributed by atoms with Crippen molar-refractivity contribution in [3.05, 3.63) is 35.6 Å². The molecule has 18 heavy (non-hydrogen) atoms. The minimum atomic E-state index is -0.119. The largest absolute Gasteiger partial charge is 0.396 e. The maximum Gasteiger partial charge on any atom is 0.126 e. The van der Waals surface area contributed by atoms with Crippen molar-refractivity contribution in [2.75, 3.05) is 26.7 Å². The lowest BCUT2D eigenvalue weighted by Gasteiger charge is -2.43. The van der Waals surface area contributed by atoms with Gasteiger partial charge in [0.15, 0.2) is 0 Å². The number of rotatable bonds is 6. The average molecular weight is 251 g/mol. The number of benzene rings is 1. The van der Waals surface area contributed by atoms with Crippen LogP contribution in [0.4, 0.5) is 4.39 Å². The Morgan fingerprint density at radius 3 is 2.61 bits per heavy atom. The molecule has 2 rings (SSSR count). The van der Waals surface area contributed by atoms with E-state index in [0.29, 0.717) is 0 Å². The van der Waals surface area contributed by atoms with E-state index in [1.807, 2.05) is 12.1 Å². The fourth-order valence-corrected chi connectivity index (χ4v) is 2.71. The summed E-state index contributed by atoms with van der Waals surface area (Å²) in [4.78, 5) is 2.21. The van der Waals surface area contributed by atoms with Crippen LogP contribution in [-0.2, 0) is 6.42 Å². The molecule has 1 aliphatic carbocycles. The quantitative estimate of drug-likeness (QED) is 0.839. The van der Waals surface area contributed by atoms with Crippen LogP contribution in [0.3, 0.4) is 0 Å². The minimum Gasteiger partial charge on any atom is -0.396 e. The van der Waals surface area contributed by atoms with Crippen molar-refractivity contribution < 1.29 is 9.50 Å². The van der Waals surface area contributed by atoms with Crippen molar-refractivity contribution in [1.82, 2.24) is 4.90 Å². The number of aliphatic hydroxyl groups is 1. The molecular weight excluding hydrogens is 229 g/mol. The lowest BCUT2D eigenvalue weighted by Crippen LogP contribution is -2.44. The van der Waals surface area contributed by atoms with E-state index >= 15 is 0 Å². The first-order valence-electron chi connectivity index (χ1n) is 6.68. The molecule has 2 nitrogen and oxygen atoms in total. The molecule has 0 saturated heterocycles. The lowest BCUT2D eigenvalue weighted by atomic mass is 9.69. The first kappa shape index (κ1) is 13.5. The topological polar surface area (TPSA) is 23.5 Å². The van der Waals surface area contributed by atoms with Crippen molar-refractivity contribution in [2.24, 2.45) is 5.41 Å². The summed E-state index contributed by atoms with van der Waals surface area (Å²) in [7, 11) is 2.05. The van der Waals surface area contributed by atoms with Crippen molar-refractivity contribution in [3.8, 4) is 0 Å². The SMILES string of the molecule is CN(CCc1ccccc1F)CC1(CO)CCC1. The Morgan fingerprint density at radius 1 is 1.33 bits per heavy atom. The molecule has 0 amide bonds. The molecule has 1 saturated carbocycles. The van der Waals surface area contributed by atoms with Gasteiger partial charge in [-0.15, -0.1) is 0 Å². The summed E-state index contributed by atoms with van der Waals surface area (Å²) in [6.45, 7) is 2.03. The number of likely N-dealkylation sites (N-methyl/N-ethyl adjacent to an activating group) is 1. The predicted octanol–water partition coefficient (Wildman–Crippen LogP) is 2.46. The predicted molar refractivity (Wildman–Crippen MR) is 71.0 cm³/mol. The van der Waals surface area contributed by atoms with Crippen molar-refractivity contribution in [3.63, 3.8) is 0 Å². The Morgan fingerprint density at radius 2 is 2.06 bits per heavy atom. The Hall–Kier alpha value is -0.930. The van der Waals surface area contributed by atoms with E-state index in [4.69, 9.17) is 0 Å². The smallest absolute Gasteiger partial charge is 0.126 e. The van der Waals surface area contributed by atoms with Gasteiger partial charge in [-0.25, -0.2) is 4.39 Å². The minimum absolute atomic E-state index is 0.115. The normalized spacial score (nSPS) is 17.8. The highest BCUT2D eigenvalue weighted by Gasteiger charge is 2.36. The zero-order chi connectivity index (χ0) is 13.0. The molecule has 1 fully saturated rings. The standard InChI is InChI=1S/C15H22FNO/c1-17(11-15(12-18)8-4-9-15)10-7-13-5-2-3-6-14(13)16/h2-3,5-6,18H,4,7-12H2,1H3. The fourth-order valence-electron chi connectivity index (χ4n) is 2.71. The van der Waals surface area contributed by atoms with E-state index < -0.39 is 0 Å². The molecule has 1 N–H and O–H groups in total. The molecular formula is C15H22FNO. The third-order valence-corrected chi connectivity index (χ3v) is 4.08. The molecule has 0 radical (unpaired) electrons. The second-order valence-electron chi connectivity index (χ2n) is 5.59. The molecule has 0 spiro atoms. The van der Waals surface area contributed by atoms with Gasteiger partial charge in [-0.2, -0.15) is 0 Å². The highest BCUT2D eigenvalue weighted by molar-refractivity contribution is 5.17. The summed E-state index contributed by atoms with van der Waals surface area (Å²) in [6.07, 6.45) is 4.19. The molecule has 3 heteroatoms. The van der Waals surface area contributed by atoms with Crippen LogP contribution in [0.15, 0.2) is 24.3 Å². The summed E-state index contributed by atoms with van der Waals surface area (Å²) >= 11 is 0. The van der Waals surface area contributed by atoms with E-state index in [2.05, 4.69) is 11.9 Å². The summed E-state index contributed by atoms with van der Waals surface area (Å²) in [5.41, 5.74) is 0.889. The maximum atomic E-state index is 13.5. The maximum absolute atomic E-state index is 13.5. The number of hydrogen-bond donors (Lipinski definition) is 1. The van der Waals surface area contributed by atoms with Gasteiger partial charge < -0.3 is 10.0 Å². The van der Waals surface area contributed by atoms with E-state index in [0.717, 1.165) is 37.9 Å².